The van der Waals surface area contributed by atoms with E-state index in [2.05, 4.69) is 48.1 Å². The normalized spacial score (nSPS) is 14.2. The summed E-state index contributed by atoms with van der Waals surface area (Å²) in [5.41, 5.74) is 8.16. The number of rotatable bonds is 18. The lowest BCUT2D eigenvalue weighted by Crippen LogP contribution is -2.31. The van der Waals surface area contributed by atoms with Crippen molar-refractivity contribution >= 4 is 22.8 Å². The molecule has 5 aromatic rings. The highest BCUT2D eigenvalue weighted by molar-refractivity contribution is 5.88. The van der Waals surface area contributed by atoms with Crippen molar-refractivity contribution in [2.45, 2.75) is 71.3 Å². The predicted molar refractivity (Wildman–Crippen MR) is 214 cm³/mol. The number of phenols is 2. The van der Waals surface area contributed by atoms with Crippen LogP contribution >= 0.6 is 0 Å². The molecule has 4 aromatic carbocycles. The maximum absolute atomic E-state index is 14.4. The minimum atomic E-state index is -0.968. The van der Waals surface area contributed by atoms with Gasteiger partial charge >= 0.3 is 0 Å². The van der Waals surface area contributed by atoms with E-state index >= 15 is 0 Å². The summed E-state index contributed by atoms with van der Waals surface area (Å²) >= 11 is 0. The largest absolute Gasteiger partial charge is 0.670 e. The first-order valence-electron chi connectivity index (χ1n) is 18.8. The Bertz CT molecular complexity index is 2130. The Balaban J connectivity index is 1.33. The highest BCUT2D eigenvalue weighted by atomic mass is 16.5. The fourth-order valence-electron chi connectivity index (χ4n) is 7.86. The second kappa shape index (κ2) is 17.6. The van der Waals surface area contributed by atoms with Crippen molar-refractivity contribution in [2.75, 3.05) is 14.2 Å². The van der Waals surface area contributed by atoms with E-state index in [1.165, 1.54) is 18.2 Å². The maximum atomic E-state index is 14.4. The van der Waals surface area contributed by atoms with Gasteiger partial charge in [-0.15, -0.1) is 4.99 Å². The first-order chi connectivity index (χ1) is 26.2. The SMILES string of the molecule is CCC1=C(CC(Cc2ccc(O)c(OC)c2)C(=O)CC(O)C(Cc2cc[n-]c2)Cc2ccc(O)c(OC)c2Cc2c(CC)ccc3ccccc23)C=N[CH+]1. The number of ether oxygens (including phenoxy) is 2. The van der Waals surface area contributed by atoms with E-state index in [4.69, 9.17) is 9.47 Å². The molecule has 0 saturated carbocycles. The number of aromatic nitrogens is 1. The van der Waals surface area contributed by atoms with Crippen LogP contribution in [0.15, 0.2) is 101 Å². The molecular formula is C46H50N2O6. The van der Waals surface area contributed by atoms with Crippen molar-refractivity contribution in [3.05, 3.63) is 136 Å². The summed E-state index contributed by atoms with van der Waals surface area (Å²) in [5.74, 6) is 0.0366. The lowest BCUT2D eigenvalue weighted by molar-refractivity contribution is -0.125. The Hall–Kier alpha value is -5.47. The lowest BCUT2D eigenvalue weighted by Gasteiger charge is -2.26. The van der Waals surface area contributed by atoms with Crippen LogP contribution in [0.5, 0.6) is 23.0 Å². The topological polar surface area (TPSA) is 123 Å². The van der Waals surface area contributed by atoms with Gasteiger partial charge < -0.3 is 29.8 Å². The predicted octanol–water partition coefficient (Wildman–Crippen LogP) is 8.30. The van der Waals surface area contributed by atoms with Crippen LogP contribution in [0.1, 0.15) is 66.5 Å². The van der Waals surface area contributed by atoms with Gasteiger partial charge in [0.15, 0.2) is 29.2 Å². The Morgan fingerprint density at radius 1 is 0.833 bits per heavy atom. The third kappa shape index (κ3) is 8.66. The number of nitrogens with zero attached hydrogens (tertiary/aromatic N) is 2. The van der Waals surface area contributed by atoms with Crippen LogP contribution in [0.2, 0.25) is 0 Å². The molecule has 0 spiro atoms. The fourth-order valence-corrected chi connectivity index (χ4v) is 7.86. The molecule has 0 amide bonds. The van der Waals surface area contributed by atoms with E-state index in [0.717, 1.165) is 57.0 Å². The van der Waals surface area contributed by atoms with Gasteiger partial charge in [-0.05, 0) is 89.2 Å². The van der Waals surface area contributed by atoms with Gasteiger partial charge in [-0.2, -0.15) is 12.4 Å². The highest BCUT2D eigenvalue weighted by Gasteiger charge is 2.32. The summed E-state index contributed by atoms with van der Waals surface area (Å²) in [5, 5.41) is 35.6. The van der Waals surface area contributed by atoms with Crippen molar-refractivity contribution in [1.29, 1.82) is 0 Å². The molecule has 1 aliphatic heterocycles. The molecule has 3 N–H and O–H groups in total. The summed E-state index contributed by atoms with van der Waals surface area (Å²) in [7, 11) is 3.08. The number of hydrogen-bond donors (Lipinski definition) is 3. The summed E-state index contributed by atoms with van der Waals surface area (Å²) < 4.78 is 11.2. The molecule has 0 bridgehead atoms. The van der Waals surface area contributed by atoms with E-state index in [1.54, 1.807) is 37.7 Å². The van der Waals surface area contributed by atoms with Crippen LogP contribution in [0.3, 0.4) is 0 Å². The van der Waals surface area contributed by atoms with Crippen LogP contribution in [0.25, 0.3) is 10.8 Å². The molecule has 54 heavy (non-hydrogen) atoms. The van der Waals surface area contributed by atoms with Crippen LogP contribution in [0, 0.1) is 18.4 Å². The van der Waals surface area contributed by atoms with Gasteiger partial charge in [-0.1, -0.05) is 74.0 Å². The van der Waals surface area contributed by atoms with Gasteiger partial charge in [0.2, 0.25) is 0 Å². The number of phenolic OH excluding ortho intramolecular Hbond substituents is 2. The number of hydrogen-bond acceptors (Lipinski definition) is 7. The number of aliphatic hydroxyl groups excluding tert-OH is 1. The first kappa shape index (κ1) is 38.3. The van der Waals surface area contributed by atoms with Gasteiger partial charge in [-0.25, -0.2) is 0 Å². The second-order valence-electron chi connectivity index (χ2n) is 14.2. The quantitative estimate of drug-likeness (QED) is 0.0777. The van der Waals surface area contributed by atoms with Crippen molar-refractivity contribution in [2.24, 2.45) is 16.8 Å². The van der Waals surface area contributed by atoms with Gasteiger partial charge in [0, 0.05) is 30.7 Å². The zero-order valence-corrected chi connectivity index (χ0v) is 31.6. The van der Waals surface area contributed by atoms with Crippen molar-refractivity contribution < 1.29 is 29.6 Å². The number of ketones is 1. The molecule has 280 valence electrons. The van der Waals surface area contributed by atoms with Crippen molar-refractivity contribution in [3.8, 4) is 23.0 Å². The third-order valence-electron chi connectivity index (χ3n) is 10.9. The van der Waals surface area contributed by atoms with E-state index in [-0.39, 0.29) is 29.6 Å². The molecule has 8 nitrogen and oxygen atoms in total. The number of Topliss-reactive ketones (excluding diaryl/α,β-unsaturated/α-hetero) is 1. The minimum absolute atomic E-state index is 0.0366. The highest BCUT2D eigenvalue weighted by Crippen LogP contribution is 2.39. The third-order valence-corrected chi connectivity index (χ3v) is 10.9. The molecule has 0 fully saturated rings. The number of allylic oxidation sites excluding steroid dienone is 1. The van der Waals surface area contributed by atoms with E-state index in [0.29, 0.717) is 43.6 Å². The van der Waals surface area contributed by atoms with Gasteiger partial charge in [0.1, 0.15) is 17.9 Å². The van der Waals surface area contributed by atoms with Crippen molar-refractivity contribution in [1.82, 2.24) is 4.98 Å². The number of fused-ring (bicyclic) bond motifs is 1. The van der Waals surface area contributed by atoms with Crippen LogP contribution in [-0.2, 0) is 36.9 Å². The number of benzene rings is 4. The fraction of sp³-hybridized carbons (Fsp3) is 0.326. The molecule has 6 rings (SSSR count). The number of aryl methyl sites for hydroxylation is 1. The van der Waals surface area contributed by atoms with Crippen LogP contribution in [-0.4, -0.2) is 47.6 Å². The molecule has 1 aliphatic rings. The zero-order chi connectivity index (χ0) is 38.2. The Labute approximate surface area is 318 Å². The Kier molecular flexibility index (Phi) is 12.4. The van der Waals surface area contributed by atoms with Gasteiger partial charge in [0.05, 0.1) is 25.9 Å². The number of aromatic hydroxyl groups is 2. The molecule has 0 aliphatic carbocycles. The van der Waals surface area contributed by atoms with E-state index < -0.39 is 12.0 Å². The number of aliphatic imine (C=N–C) groups is 1. The smallest absolute Gasteiger partial charge is 0.176 e. The zero-order valence-electron chi connectivity index (χ0n) is 31.6. The summed E-state index contributed by atoms with van der Waals surface area (Å²) in [6.45, 7) is 6.07. The average Bonchev–Trinajstić information content (AvgIpc) is 3.88. The second-order valence-corrected chi connectivity index (χ2v) is 14.2. The maximum Gasteiger partial charge on any atom is 0.176 e. The van der Waals surface area contributed by atoms with E-state index in [1.807, 2.05) is 43.1 Å². The molecule has 0 saturated heterocycles. The molecule has 8 heteroatoms. The first-order valence-corrected chi connectivity index (χ1v) is 18.8. The molecule has 3 unspecified atom stereocenters. The number of carbonyl (C=O) groups excluding carboxylic acids is 1. The lowest BCUT2D eigenvalue weighted by atomic mass is 9.80. The van der Waals surface area contributed by atoms with E-state index in [9.17, 15) is 20.1 Å². The molecule has 2 heterocycles. The summed E-state index contributed by atoms with van der Waals surface area (Å²) in [6.07, 6.45) is 8.42. The molecular weight excluding hydrogens is 677 g/mol. The van der Waals surface area contributed by atoms with Gasteiger partial charge in [-0.3, -0.25) is 4.79 Å². The van der Waals surface area contributed by atoms with Crippen molar-refractivity contribution in [3.63, 3.8) is 0 Å². The monoisotopic (exact) mass is 726 g/mol. The summed E-state index contributed by atoms with van der Waals surface area (Å²) in [4.78, 5) is 23.0. The Morgan fingerprint density at radius 3 is 2.37 bits per heavy atom. The average molecular weight is 727 g/mol. The standard InChI is InChI=1S/C46H50N2O6/c1-5-31-12-13-33-9-7-8-10-38(33)39(31)24-40-34(14-16-42(50)46(40)54-4)22-36(20-30-17-18-47-26-30)44(52)25-43(51)35(23-37-28-48-27-32(37)6-2)19-29-11-15-41(49)45(21-29)53-3/h7-18,21,26-28,35-36,44,49-50,52H,5-6,19-20,22-25H2,1-4H3. The molecule has 0 radical (unpaired) electrons. The van der Waals surface area contributed by atoms with Crippen LogP contribution in [0.4, 0.5) is 0 Å². The summed E-state index contributed by atoms with van der Waals surface area (Å²) in [6, 6.07) is 23.3. The number of aliphatic hydroxyl groups is 1. The molecule has 3 atom stereocenters. The minimum Gasteiger partial charge on any atom is -0.670 e. The molecule has 1 aromatic heterocycles. The number of methoxy groups -OCH3 is 2. The Morgan fingerprint density at radius 2 is 1.63 bits per heavy atom. The number of carbonyl (C=O) groups is 1. The van der Waals surface area contributed by atoms with Gasteiger partial charge in [0.25, 0.3) is 0 Å². The van der Waals surface area contributed by atoms with Crippen LogP contribution < -0.4 is 14.5 Å².